The molecule has 0 saturated carbocycles. The van der Waals surface area contributed by atoms with Gasteiger partial charge in [-0.05, 0) is 48.7 Å². The van der Waals surface area contributed by atoms with Crippen molar-refractivity contribution in [3.05, 3.63) is 64.2 Å². The Kier molecular flexibility index (Phi) is 3.70. The molecule has 2 heteroatoms. The van der Waals surface area contributed by atoms with Crippen LogP contribution >= 0.6 is 11.6 Å². The van der Waals surface area contributed by atoms with Crippen molar-refractivity contribution in [2.75, 3.05) is 5.32 Å². The van der Waals surface area contributed by atoms with Crippen molar-refractivity contribution < 1.29 is 0 Å². The fraction of sp³-hybridized carbons (Fsp3) is 0.200. The molecule has 0 spiro atoms. The lowest BCUT2D eigenvalue weighted by molar-refractivity contribution is 1.14. The Morgan fingerprint density at radius 2 is 1.76 bits per heavy atom. The van der Waals surface area contributed by atoms with Crippen molar-refractivity contribution in [3.63, 3.8) is 0 Å². The largest absolute Gasteiger partial charge is 0.381 e. The Morgan fingerprint density at radius 3 is 2.47 bits per heavy atom. The molecule has 0 aliphatic heterocycles. The summed E-state index contributed by atoms with van der Waals surface area (Å²) in [6.45, 7) is 4.99. The van der Waals surface area contributed by atoms with Gasteiger partial charge in [0.1, 0.15) is 0 Å². The highest BCUT2D eigenvalue weighted by atomic mass is 35.5. The van der Waals surface area contributed by atoms with Gasteiger partial charge in [-0.15, -0.1) is 0 Å². The Labute approximate surface area is 107 Å². The number of rotatable bonds is 3. The van der Waals surface area contributed by atoms with Crippen molar-refractivity contribution in [1.29, 1.82) is 0 Å². The van der Waals surface area contributed by atoms with Crippen LogP contribution in [-0.2, 0) is 6.54 Å². The molecule has 0 heterocycles. The zero-order chi connectivity index (χ0) is 12.3. The fourth-order valence-electron chi connectivity index (χ4n) is 1.69. The number of halogens is 1. The quantitative estimate of drug-likeness (QED) is 0.835. The maximum absolute atomic E-state index is 6.11. The monoisotopic (exact) mass is 245 g/mol. The van der Waals surface area contributed by atoms with Crippen LogP contribution in [0.5, 0.6) is 0 Å². The second kappa shape index (κ2) is 5.24. The molecule has 0 saturated heterocycles. The van der Waals surface area contributed by atoms with E-state index < -0.39 is 0 Å². The molecule has 2 aromatic rings. The predicted octanol–water partition coefficient (Wildman–Crippen LogP) is 4.57. The SMILES string of the molecule is Cc1ccc(NCc2ccccc2Cl)cc1C. The number of anilines is 1. The van der Waals surface area contributed by atoms with Gasteiger partial charge in [-0.2, -0.15) is 0 Å². The van der Waals surface area contributed by atoms with Crippen molar-refractivity contribution >= 4 is 17.3 Å². The van der Waals surface area contributed by atoms with Crippen molar-refractivity contribution in [1.82, 2.24) is 0 Å². The number of aryl methyl sites for hydroxylation is 2. The number of benzene rings is 2. The van der Waals surface area contributed by atoms with Crippen LogP contribution < -0.4 is 5.32 Å². The maximum Gasteiger partial charge on any atom is 0.0455 e. The first-order chi connectivity index (χ1) is 8.16. The molecule has 0 amide bonds. The Hall–Kier alpha value is -1.47. The van der Waals surface area contributed by atoms with E-state index in [4.69, 9.17) is 11.6 Å². The molecule has 0 unspecified atom stereocenters. The lowest BCUT2D eigenvalue weighted by Gasteiger charge is -2.09. The minimum atomic E-state index is 0.752. The lowest BCUT2D eigenvalue weighted by Crippen LogP contribution is -2.00. The number of hydrogen-bond donors (Lipinski definition) is 1. The van der Waals surface area contributed by atoms with Gasteiger partial charge in [0.05, 0.1) is 0 Å². The first-order valence-corrected chi connectivity index (χ1v) is 6.09. The maximum atomic E-state index is 6.11. The molecular weight excluding hydrogens is 230 g/mol. The van der Waals surface area contributed by atoms with Crippen LogP contribution in [0.2, 0.25) is 5.02 Å². The molecule has 17 heavy (non-hydrogen) atoms. The highest BCUT2D eigenvalue weighted by Crippen LogP contribution is 2.18. The minimum absolute atomic E-state index is 0.752. The van der Waals surface area contributed by atoms with Crippen LogP contribution in [-0.4, -0.2) is 0 Å². The number of hydrogen-bond acceptors (Lipinski definition) is 1. The summed E-state index contributed by atoms with van der Waals surface area (Å²) in [5.74, 6) is 0. The van der Waals surface area contributed by atoms with Crippen LogP contribution in [0.15, 0.2) is 42.5 Å². The average Bonchev–Trinajstić information content (AvgIpc) is 2.32. The highest BCUT2D eigenvalue weighted by molar-refractivity contribution is 6.31. The second-order valence-electron chi connectivity index (χ2n) is 4.24. The summed E-state index contributed by atoms with van der Waals surface area (Å²) in [5.41, 5.74) is 4.86. The highest BCUT2D eigenvalue weighted by Gasteiger charge is 1.99. The molecule has 1 N–H and O–H groups in total. The Bertz CT molecular complexity index is 520. The molecule has 2 aromatic carbocycles. The van der Waals surface area contributed by atoms with Gasteiger partial charge >= 0.3 is 0 Å². The summed E-state index contributed by atoms with van der Waals surface area (Å²) in [5, 5.41) is 4.19. The third-order valence-electron chi connectivity index (χ3n) is 2.95. The topological polar surface area (TPSA) is 12.0 Å². The van der Waals surface area contributed by atoms with Gasteiger partial charge in [0.2, 0.25) is 0 Å². The summed E-state index contributed by atoms with van der Waals surface area (Å²) in [7, 11) is 0. The molecule has 88 valence electrons. The van der Waals surface area contributed by atoms with Crippen LogP contribution in [0.25, 0.3) is 0 Å². The van der Waals surface area contributed by atoms with E-state index in [2.05, 4.69) is 37.4 Å². The molecule has 0 fully saturated rings. The third-order valence-corrected chi connectivity index (χ3v) is 3.32. The van der Waals surface area contributed by atoms with Gasteiger partial charge in [0.15, 0.2) is 0 Å². The van der Waals surface area contributed by atoms with Crippen molar-refractivity contribution in [3.8, 4) is 0 Å². The van der Waals surface area contributed by atoms with Gasteiger partial charge in [-0.1, -0.05) is 35.9 Å². The van der Waals surface area contributed by atoms with E-state index in [0.29, 0.717) is 0 Å². The van der Waals surface area contributed by atoms with Gasteiger partial charge in [-0.3, -0.25) is 0 Å². The van der Waals surface area contributed by atoms with Gasteiger partial charge in [-0.25, -0.2) is 0 Å². The van der Waals surface area contributed by atoms with E-state index >= 15 is 0 Å². The van der Waals surface area contributed by atoms with E-state index in [0.717, 1.165) is 22.8 Å². The molecule has 1 nitrogen and oxygen atoms in total. The molecule has 0 aromatic heterocycles. The standard InChI is InChI=1S/C15H16ClN/c1-11-7-8-14(9-12(11)2)17-10-13-5-3-4-6-15(13)16/h3-9,17H,10H2,1-2H3. The molecule has 0 radical (unpaired) electrons. The van der Waals surface area contributed by atoms with Gasteiger partial charge in [0.25, 0.3) is 0 Å². The predicted molar refractivity (Wildman–Crippen MR) is 74.7 cm³/mol. The summed E-state index contributed by atoms with van der Waals surface area (Å²) in [6.07, 6.45) is 0. The molecule has 0 aliphatic carbocycles. The van der Waals surface area contributed by atoms with Gasteiger partial charge < -0.3 is 5.32 Å². The van der Waals surface area contributed by atoms with E-state index in [9.17, 15) is 0 Å². The molecule has 0 aliphatic rings. The molecular formula is C15H16ClN. The number of nitrogens with one attached hydrogen (secondary N) is 1. The molecule has 0 atom stereocenters. The van der Waals surface area contributed by atoms with Crippen LogP contribution in [0.1, 0.15) is 16.7 Å². The van der Waals surface area contributed by atoms with Crippen LogP contribution in [0.3, 0.4) is 0 Å². The van der Waals surface area contributed by atoms with E-state index in [1.807, 2.05) is 24.3 Å². The zero-order valence-electron chi connectivity index (χ0n) is 10.1. The fourth-order valence-corrected chi connectivity index (χ4v) is 1.89. The smallest absolute Gasteiger partial charge is 0.0455 e. The molecule has 0 bridgehead atoms. The second-order valence-corrected chi connectivity index (χ2v) is 4.65. The van der Waals surface area contributed by atoms with E-state index in [1.165, 1.54) is 11.1 Å². The van der Waals surface area contributed by atoms with Crippen LogP contribution in [0, 0.1) is 13.8 Å². The zero-order valence-corrected chi connectivity index (χ0v) is 10.9. The first kappa shape index (κ1) is 12.0. The van der Waals surface area contributed by atoms with Gasteiger partial charge in [0, 0.05) is 17.3 Å². The lowest BCUT2D eigenvalue weighted by atomic mass is 10.1. The van der Waals surface area contributed by atoms with Crippen molar-refractivity contribution in [2.45, 2.75) is 20.4 Å². The summed E-state index contributed by atoms with van der Waals surface area (Å²) >= 11 is 6.11. The Balaban J connectivity index is 2.08. The normalized spacial score (nSPS) is 10.3. The van der Waals surface area contributed by atoms with E-state index in [1.54, 1.807) is 0 Å². The molecule has 2 rings (SSSR count). The van der Waals surface area contributed by atoms with Crippen LogP contribution in [0.4, 0.5) is 5.69 Å². The Morgan fingerprint density at radius 1 is 1.00 bits per heavy atom. The minimum Gasteiger partial charge on any atom is -0.381 e. The first-order valence-electron chi connectivity index (χ1n) is 5.71. The van der Waals surface area contributed by atoms with E-state index in [-0.39, 0.29) is 0 Å². The summed E-state index contributed by atoms with van der Waals surface area (Å²) < 4.78 is 0. The summed E-state index contributed by atoms with van der Waals surface area (Å²) in [4.78, 5) is 0. The summed E-state index contributed by atoms with van der Waals surface area (Å²) in [6, 6.07) is 14.3. The third kappa shape index (κ3) is 3.01. The van der Waals surface area contributed by atoms with Crippen molar-refractivity contribution in [2.24, 2.45) is 0 Å². The average molecular weight is 246 g/mol.